The van der Waals surface area contributed by atoms with Gasteiger partial charge in [-0.15, -0.1) is 0 Å². The van der Waals surface area contributed by atoms with Crippen LogP contribution in [0.4, 0.5) is 0 Å². The maximum Gasteiger partial charge on any atom is 0.162 e. The zero-order chi connectivity index (χ0) is 22.3. The highest BCUT2D eigenvalue weighted by Crippen LogP contribution is 2.30. The Morgan fingerprint density at radius 1 is 0.515 bits per heavy atom. The molecule has 3 aromatic heterocycles. The number of hydrogen-bond acceptors (Lipinski definition) is 3. The third kappa shape index (κ3) is 4.55. The van der Waals surface area contributed by atoms with Crippen LogP contribution in [0.15, 0.2) is 134 Å². The highest BCUT2D eigenvalue weighted by molar-refractivity contribution is 5.97. The van der Waals surface area contributed by atoms with Crippen molar-refractivity contribution in [1.82, 2.24) is 19.6 Å². The van der Waals surface area contributed by atoms with E-state index in [1.54, 1.807) is 0 Å². The Kier molecular flexibility index (Phi) is 5.98. The Labute approximate surface area is 192 Å². The van der Waals surface area contributed by atoms with Crippen molar-refractivity contribution in [2.45, 2.75) is 0 Å². The zero-order valence-corrected chi connectivity index (χ0v) is 18.0. The summed E-state index contributed by atoms with van der Waals surface area (Å²) in [5.74, 6) is 0. The normalized spacial score (nSPS) is 10.4. The van der Waals surface area contributed by atoms with Crippen LogP contribution in [0.2, 0.25) is 0 Å². The lowest BCUT2D eigenvalue weighted by atomic mass is 10.0. The lowest BCUT2D eigenvalue weighted by Gasteiger charge is -2.05. The van der Waals surface area contributed by atoms with Gasteiger partial charge in [-0.2, -0.15) is 5.10 Å². The first kappa shape index (κ1) is 20.3. The van der Waals surface area contributed by atoms with Crippen LogP contribution in [0, 0.1) is 0 Å². The van der Waals surface area contributed by atoms with Crippen molar-refractivity contribution in [2.24, 2.45) is 0 Å². The van der Waals surface area contributed by atoms with E-state index in [9.17, 15) is 0 Å². The van der Waals surface area contributed by atoms with Gasteiger partial charge in [0.1, 0.15) is 0 Å². The smallest absolute Gasteiger partial charge is 0.162 e. The fraction of sp³-hybridized carbons (Fsp3) is 0. The zero-order valence-electron chi connectivity index (χ0n) is 18.0. The molecular weight excluding hydrogens is 404 g/mol. The second-order valence-electron chi connectivity index (χ2n) is 7.45. The molecule has 0 unspecified atom stereocenters. The minimum absolute atomic E-state index is 0.816. The maximum atomic E-state index is 4.79. The Hall–Kier alpha value is -4.57. The lowest BCUT2D eigenvalue weighted by Crippen LogP contribution is -1.92. The van der Waals surface area contributed by atoms with Gasteiger partial charge in [-0.3, -0.25) is 4.98 Å². The Morgan fingerprint density at radius 3 is 1.88 bits per heavy atom. The molecular formula is C29H22N4. The number of benzene rings is 1. The molecule has 33 heavy (non-hydrogen) atoms. The van der Waals surface area contributed by atoms with E-state index in [1.807, 2.05) is 120 Å². The maximum absolute atomic E-state index is 4.79. The molecule has 3 heterocycles. The van der Waals surface area contributed by atoms with Gasteiger partial charge in [-0.1, -0.05) is 97.1 Å². The Morgan fingerprint density at radius 2 is 1.15 bits per heavy atom. The third-order valence-corrected chi connectivity index (χ3v) is 5.29. The average Bonchev–Trinajstić information content (AvgIpc) is 3.28. The molecule has 0 N–H and O–H groups in total. The largest absolute Gasteiger partial charge is 0.256 e. The number of nitrogens with zero attached hydrogens (tertiary/aromatic N) is 4. The predicted molar refractivity (Wildman–Crippen MR) is 134 cm³/mol. The van der Waals surface area contributed by atoms with Crippen molar-refractivity contribution in [1.29, 1.82) is 0 Å². The highest BCUT2D eigenvalue weighted by Gasteiger charge is 2.12. The second kappa shape index (κ2) is 9.71. The molecule has 0 atom stereocenters. The van der Waals surface area contributed by atoms with Crippen molar-refractivity contribution in [3.8, 4) is 22.3 Å². The molecule has 0 aliphatic heterocycles. The quantitative estimate of drug-likeness (QED) is 0.310. The number of aromatic nitrogens is 4. The molecule has 4 nitrogen and oxygen atoms in total. The molecule has 5 aromatic rings. The van der Waals surface area contributed by atoms with Crippen molar-refractivity contribution in [3.63, 3.8) is 0 Å². The van der Waals surface area contributed by atoms with Crippen LogP contribution >= 0.6 is 0 Å². The van der Waals surface area contributed by atoms with Crippen LogP contribution in [0.5, 0.6) is 0 Å². The molecule has 0 aliphatic carbocycles. The lowest BCUT2D eigenvalue weighted by molar-refractivity contribution is 0.941. The van der Waals surface area contributed by atoms with E-state index >= 15 is 0 Å². The number of para-hydroxylation sites is 1. The van der Waals surface area contributed by atoms with Crippen molar-refractivity contribution >= 4 is 16.6 Å². The van der Waals surface area contributed by atoms with E-state index in [4.69, 9.17) is 4.98 Å². The SMILES string of the molecule is c1ccccccc(-c2cnc3c(-c4ccnc5ccccc45)cnn3c2)cccccc1. The second-order valence-corrected chi connectivity index (χ2v) is 7.45. The third-order valence-electron chi connectivity index (χ3n) is 5.29. The molecule has 0 spiro atoms. The number of fused-ring (bicyclic) bond motifs is 2. The first-order valence-electron chi connectivity index (χ1n) is 10.8. The van der Waals surface area contributed by atoms with Gasteiger partial charge in [-0.25, -0.2) is 9.50 Å². The number of rotatable bonds is 2. The fourth-order valence-electron chi connectivity index (χ4n) is 3.69. The van der Waals surface area contributed by atoms with Crippen LogP contribution in [0.3, 0.4) is 0 Å². The minimum atomic E-state index is 0.816. The van der Waals surface area contributed by atoms with Crippen molar-refractivity contribution in [3.05, 3.63) is 134 Å². The molecule has 0 aliphatic rings. The van der Waals surface area contributed by atoms with Crippen LogP contribution in [-0.4, -0.2) is 19.6 Å². The topological polar surface area (TPSA) is 43.1 Å². The fourth-order valence-corrected chi connectivity index (χ4v) is 3.69. The van der Waals surface area contributed by atoms with Crippen LogP contribution < -0.4 is 0 Å². The molecule has 2 aromatic carbocycles. The highest BCUT2D eigenvalue weighted by atomic mass is 15.2. The molecule has 0 bridgehead atoms. The summed E-state index contributed by atoms with van der Waals surface area (Å²) in [5.41, 5.74) is 5.87. The monoisotopic (exact) mass is 426 g/mol. The van der Waals surface area contributed by atoms with E-state index < -0.39 is 0 Å². The van der Waals surface area contributed by atoms with Gasteiger partial charge in [0.2, 0.25) is 0 Å². The summed E-state index contributed by atoms with van der Waals surface area (Å²) in [6.07, 6.45) is 7.63. The van der Waals surface area contributed by atoms with Gasteiger partial charge in [0.05, 0.1) is 11.7 Å². The van der Waals surface area contributed by atoms with Crippen LogP contribution in [0.25, 0.3) is 38.8 Å². The van der Waals surface area contributed by atoms with Crippen molar-refractivity contribution in [2.75, 3.05) is 0 Å². The molecule has 5 rings (SSSR count). The summed E-state index contributed by atoms with van der Waals surface area (Å²) in [4.78, 5) is 9.26. The van der Waals surface area contributed by atoms with Gasteiger partial charge < -0.3 is 0 Å². The molecule has 4 heteroatoms. The van der Waals surface area contributed by atoms with E-state index in [-0.39, 0.29) is 0 Å². The van der Waals surface area contributed by atoms with Gasteiger partial charge >= 0.3 is 0 Å². The Bertz CT molecular complexity index is 1490. The van der Waals surface area contributed by atoms with Gasteiger partial charge in [0, 0.05) is 35.1 Å². The summed E-state index contributed by atoms with van der Waals surface area (Å²) in [6.45, 7) is 0. The summed E-state index contributed by atoms with van der Waals surface area (Å²) in [5, 5.41) is 5.69. The van der Waals surface area contributed by atoms with E-state index in [0.29, 0.717) is 0 Å². The summed E-state index contributed by atoms with van der Waals surface area (Å²) in [7, 11) is 0. The van der Waals surface area contributed by atoms with Crippen LogP contribution in [-0.2, 0) is 0 Å². The Balaban J connectivity index is 1.61. The molecule has 0 fully saturated rings. The molecule has 0 amide bonds. The number of pyridine rings is 1. The molecule has 0 saturated carbocycles. The summed E-state index contributed by atoms with van der Waals surface area (Å²) in [6, 6.07) is 36.4. The molecule has 0 radical (unpaired) electrons. The number of hydrogen-bond donors (Lipinski definition) is 0. The van der Waals surface area contributed by atoms with Crippen LogP contribution in [0.1, 0.15) is 0 Å². The first-order valence-corrected chi connectivity index (χ1v) is 10.8. The minimum Gasteiger partial charge on any atom is -0.256 e. The van der Waals surface area contributed by atoms with Gasteiger partial charge in [-0.05, 0) is 23.3 Å². The molecule has 0 saturated heterocycles. The van der Waals surface area contributed by atoms with Crippen molar-refractivity contribution < 1.29 is 0 Å². The first-order chi connectivity index (χ1) is 16.4. The summed E-state index contributed by atoms with van der Waals surface area (Å²) >= 11 is 0. The van der Waals surface area contributed by atoms with Gasteiger partial charge in [0.25, 0.3) is 0 Å². The summed E-state index contributed by atoms with van der Waals surface area (Å²) < 4.78 is 1.84. The predicted octanol–water partition coefficient (Wildman–Crippen LogP) is 6.86. The van der Waals surface area contributed by atoms with E-state index in [2.05, 4.69) is 28.3 Å². The van der Waals surface area contributed by atoms with Gasteiger partial charge in [0.15, 0.2) is 5.65 Å². The van der Waals surface area contributed by atoms with E-state index in [1.165, 1.54) is 0 Å². The molecule has 158 valence electrons. The standard InChI is InChI=1S/C29H22N4/c1-2-4-6-8-10-14-23(15-11-9-7-5-3-1)24-20-31-29-27(21-32-33(29)22-24)25-18-19-30-28-17-13-12-16-26(25)28/h1-22H. The van der Waals surface area contributed by atoms with E-state index in [0.717, 1.165) is 38.8 Å². The average molecular weight is 427 g/mol.